The van der Waals surface area contributed by atoms with E-state index in [4.69, 9.17) is 11.0 Å². The molecule has 2 aromatic rings. The van der Waals surface area contributed by atoms with E-state index in [2.05, 4.69) is 25.0 Å². The van der Waals surface area contributed by atoms with Gasteiger partial charge in [-0.15, -0.1) is 0 Å². The summed E-state index contributed by atoms with van der Waals surface area (Å²) < 4.78 is 1.79. The van der Waals surface area contributed by atoms with Crippen molar-refractivity contribution in [3.05, 3.63) is 41.7 Å². The van der Waals surface area contributed by atoms with Crippen LogP contribution >= 0.6 is 0 Å². The first-order chi connectivity index (χ1) is 8.13. The summed E-state index contributed by atoms with van der Waals surface area (Å²) in [5.74, 6) is 0.281. The third kappa shape index (κ3) is 2.00. The number of nitrogen functional groups attached to an aromatic ring is 1. The van der Waals surface area contributed by atoms with Crippen molar-refractivity contribution in [1.29, 1.82) is 5.26 Å². The SMILES string of the molecule is CC(C)c1c(N)cnn1-c1cccc(C#N)c1. The number of hydrogen-bond acceptors (Lipinski definition) is 3. The van der Waals surface area contributed by atoms with Crippen LogP contribution in [0.4, 0.5) is 5.69 Å². The molecule has 0 amide bonds. The van der Waals surface area contributed by atoms with Gasteiger partial charge in [-0.1, -0.05) is 19.9 Å². The number of nitrogens with two attached hydrogens (primary N) is 1. The van der Waals surface area contributed by atoms with Gasteiger partial charge < -0.3 is 5.73 Å². The van der Waals surface area contributed by atoms with Crippen LogP contribution in [0.2, 0.25) is 0 Å². The molecule has 0 radical (unpaired) electrons. The molecule has 0 aliphatic heterocycles. The summed E-state index contributed by atoms with van der Waals surface area (Å²) in [4.78, 5) is 0. The zero-order chi connectivity index (χ0) is 12.4. The van der Waals surface area contributed by atoms with Crippen molar-refractivity contribution in [2.75, 3.05) is 5.73 Å². The van der Waals surface area contributed by atoms with E-state index in [1.807, 2.05) is 12.1 Å². The highest BCUT2D eigenvalue weighted by Gasteiger charge is 2.13. The number of rotatable bonds is 2. The van der Waals surface area contributed by atoms with Gasteiger partial charge in [-0.3, -0.25) is 0 Å². The van der Waals surface area contributed by atoms with Crippen LogP contribution in [0.15, 0.2) is 30.5 Å². The Hall–Kier alpha value is -2.28. The molecule has 0 bridgehead atoms. The van der Waals surface area contributed by atoms with Crippen molar-refractivity contribution in [1.82, 2.24) is 9.78 Å². The Labute approximate surface area is 100 Å². The predicted octanol–water partition coefficient (Wildman–Crippen LogP) is 2.45. The molecule has 1 aromatic heterocycles. The van der Waals surface area contributed by atoms with Gasteiger partial charge in [-0.25, -0.2) is 4.68 Å². The van der Waals surface area contributed by atoms with Gasteiger partial charge in [-0.2, -0.15) is 10.4 Å². The summed E-state index contributed by atoms with van der Waals surface area (Å²) in [6.45, 7) is 4.13. The van der Waals surface area contributed by atoms with E-state index in [1.165, 1.54) is 0 Å². The van der Waals surface area contributed by atoms with Crippen LogP contribution in [0.3, 0.4) is 0 Å². The maximum absolute atomic E-state index is 8.89. The van der Waals surface area contributed by atoms with Crippen molar-refractivity contribution in [3.8, 4) is 11.8 Å². The van der Waals surface area contributed by atoms with Crippen LogP contribution in [0, 0.1) is 11.3 Å². The predicted molar refractivity (Wildman–Crippen MR) is 66.8 cm³/mol. The highest BCUT2D eigenvalue weighted by molar-refractivity contribution is 5.49. The van der Waals surface area contributed by atoms with Crippen molar-refractivity contribution in [3.63, 3.8) is 0 Å². The summed E-state index contributed by atoms with van der Waals surface area (Å²) in [5.41, 5.74) is 9.04. The Morgan fingerprint density at radius 3 is 2.82 bits per heavy atom. The molecule has 4 nitrogen and oxygen atoms in total. The number of nitrogens with zero attached hydrogens (tertiary/aromatic N) is 3. The van der Waals surface area contributed by atoms with Crippen molar-refractivity contribution in [2.45, 2.75) is 19.8 Å². The van der Waals surface area contributed by atoms with Crippen LogP contribution in [0.25, 0.3) is 5.69 Å². The standard InChI is InChI=1S/C13H14N4/c1-9(2)13-12(15)8-16-17(13)11-5-3-4-10(6-11)7-14/h3-6,8-9H,15H2,1-2H3. The molecule has 17 heavy (non-hydrogen) atoms. The lowest BCUT2D eigenvalue weighted by Crippen LogP contribution is -2.05. The summed E-state index contributed by atoms with van der Waals surface area (Å²) >= 11 is 0. The van der Waals surface area contributed by atoms with Gasteiger partial charge >= 0.3 is 0 Å². The molecule has 2 N–H and O–H groups in total. The zero-order valence-electron chi connectivity index (χ0n) is 9.88. The first kappa shape index (κ1) is 11.2. The minimum Gasteiger partial charge on any atom is -0.396 e. The minimum atomic E-state index is 0.281. The number of aromatic nitrogens is 2. The molecule has 0 aliphatic carbocycles. The number of hydrogen-bond donors (Lipinski definition) is 1. The van der Waals surface area contributed by atoms with E-state index < -0.39 is 0 Å². The van der Waals surface area contributed by atoms with E-state index in [0.717, 1.165) is 11.4 Å². The van der Waals surface area contributed by atoms with Crippen LogP contribution < -0.4 is 5.73 Å². The normalized spacial score (nSPS) is 10.5. The monoisotopic (exact) mass is 226 g/mol. The molecule has 1 heterocycles. The lowest BCUT2D eigenvalue weighted by atomic mass is 10.1. The van der Waals surface area contributed by atoms with Crippen LogP contribution in [-0.2, 0) is 0 Å². The van der Waals surface area contributed by atoms with E-state index in [-0.39, 0.29) is 5.92 Å². The second-order valence-electron chi connectivity index (χ2n) is 4.21. The molecule has 0 fully saturated rings. The molecule has 2 rings (SSSR count). The van der Waals surface area contributed by atoms with Crippen molar-refractivity contribution in [2.24, 2.45) is 0 Å². The molecule has 0 spiro atoms. The Bertz CT molecular complexity index is 575. The molecule has 86 valence electrons. The fourth-order valence-electron chi connectivity index (χ4n) is 1.86. The van der Waals surface area contributed by atoms with Gasteiger partial charge in [0.25, 0.3) is 0 Å². The third-order valence-corrected chi connectivity index (χ3v) is 2.60. The smallest absolute Gasteiger partial charge is 0.0992 e. The molecular formula is C13H14N4. The Morgan fingerprint density at radius 2 is 2.18 bits per heavy atom. The molecule has 0 saturated heterocycles. The van der Waals surface area contributed by atoms with Gasteiger partial charge in [0.15, 0.2) is 0 Å². The average molecular weight is 226 g/mol. The largest absolute Gasteiger partial charge is 0.396 e. The van der Waals surface area contributed by atoms with Gasteiger partial charge in [0.2, 0.25) is 0 Å². The van der Waals surface area contributed by atoms with E-state index in [9.17, 15) is 0 Å². The van der Waals surface area contributed by atoms with Crippen LogP contribution in [-0.4, -0.2) is 9.78 Å². The molecule has 0 atom stereocenters. The quantitative estimate of drug-likeness (QED) is 0.855. The molecule has 0 aliphatic rings. The summed E-state index contributed by atoms with van der Waals surface area (Å²) in [6, 6.07) is 9.45. The number of nitriles is 1. The Morgan fingerprint density at radius 1 is 1.41 bits per heavy atom. The van der Waals surface area contributed by atoms with Gasteiger partial charge in [0.1, 0.15) is 0 Å². The van der Waals surface area contributed by atoms with Gasteiger partial charge in [0, 0.05) is 0 Å². The molecule has 0 saturated carbocycles. The van der Waals surface area contributed by atoms with Gasteiger partial charge in [0.05, 0.1) is 34.9 Å². The Balaban J connectivity index is 2.57. The minimum absolute atomic E-state index is 0.281. The number of benzene rings is 1. The summed E-state index contributed by atoms with van der Waals surface area (Å²) in [6.07, 6.45) is 1.65. The second kappa shape index (κ2) is 4.30. The maximum atomic E-state index is 8.89. The highest BCUT2D eigenvalue weighted by Crippen LogP contribution is 2.24. The summed E-state index contributed by atoms with van der Waals surface area (Å²) in [5, 5.41) is 13.2. The van der Waals surface area contributed by atoms with Crippen molar-refractivity contribution >= 4 is 5.69 Å². The first-order valence-corrected chi connectivity index (χ1v) is 5.47. The fraction of sp³-hybridized carbons (Fsp3) is 0.231. The lowest BCUT2D eigenvalue weighted by Gasteiger charge is -2.11. The van der Waals surface area contributed by atoms with E-state index in [0.29, 0.717) is 11.3 Å². The maximum Gasteiger partial charge on any atom is 0.0992 e. The topological polar surface area (TPSA) is 67.6 Å². The molecule has 0 unspecified atom stereocenters. The third-order valence-electron chi connectivity index (χ3n) is 2.60. The van der Waals surface area contributed by atoms with Crippen LogP contribution in [0.1, 0.15) is 31.0 Å². The molecule has 4 heteroatoms. The first-order valence-electron chi connectivity index (χ1n) is 5.47. The highest BCUT2D eigenvalue weighted by atomic mass is 15.3. The van der Waals surface area contributed by atoms with E-state index >= 15 is 0 Å². The van der Waals surface area contributed by atoms with Gasteiger partial charge in [-0.05, 0) is 24.1 Å². The second-order valence-corrected chi connectivity index (χ2v) is 4.21. The fourth-order valence-corrected chi connectivity index (χ4v) is 1.86. The van der Waals surface area contributed by atoms with Crippen LogP contribution in [0.5, 0.6) is 0 Å². The molecule has 1 aromatic carbocycles. The molecular weight excluding hydrogens is 212 g/mol. The lowest BCUT2D eigenvalue weighted by molar-refractivity contribution is 0.736. The number of anilines is 1. The Kier molecular flexibility index (Phi) is 2.84. The summed E-state index contributed by atoms with van der Waals surface area (Å²) in [7, 11) is 0. The van der Waals surface area contributed by atoms with Crippen molar-refractivity contribution < 1.29 is 0 Å². The van der Waals surface area contributed by atoms with E-state index in [1.54, 1.807) is 23.0 Å². The average Bonchev–Trinajstić information content (AvgIpc) is 2.71. The zero-order valence-corrected chi connectivity index (χ0v) is 9.88.